The zero-order valence-corrected chi connectivity index (χ0v) is 16.1. The summed E-state index contributed by atoms with van der Waals surface area (Å²) >= 11 is 0. The average Bonchev–Trinajstić information content (AvgIpc) is 2.65. The molecule has 7 heteroatoms. The molecule has 2 rings (SSSR count). The van der Waals surface area contributed by atoms with E-state index in [1.54, 1.807) is 20.0 Å². The summed E-state index contributed by atoms with van der Waals surface area (Å²) in [6.45, 7) is 4.14. The summed E-state index contributed by atoms with van der Waals surface area (Å²) in [5.41, 5.74) is 7.55. The summed E-state index contributed by atoms with van der Waals surface area (Å²) in [6, 6.07) is 13.7. The van der Waals surface area contributed by atoms with Crippen molar-refractivity contribution in [2.75, 3.05) is 13.6 Å². The van der Waals surface area contributed by atoms with Crippen LogP contribution in [0.15, 0.2) is 53.4 Å². The second kappa shape index (κ2) is 8.44. The van der Waals surface area contributed by atoms with Gasteiger partial charge in [-0.05, 0) is 37.1 Å². The van der Waals surface area contributed by atoms with E-state index in [4.69, 9.17) is 5.73 Å². The Kier molecular flexibility index (Phi) is 6.52. The SMILES string of the molecule is Cc1ccc(S(=O)(=O)NCc2ccccc2)cc1C(=O)N(C)C(C)CN. The van der Waals surface area contributed by atoms with Crippen LogP contribution in [0.4, 0.5) is 0 Å². The summed E-state index contributed by atoms with van der Waals surface area (Å²) in [5, 5.41) is 0. The molecule has 0 bridgehead atoms. The van der Waals surface area contributed by atoms with Crippen LogP contribution in [-0.4, -0.2) is 38.9 Å². The average molecular weight is 375 g/mol. The highest BCUT2D eigenvalue weighted by atomic mass is 32.2. The van der Waals surface area contributed by atoms with Gasteiger partial charge >= 0.3 is 0 Å². The van der Waals surface area contributed by atoms with Crippen LogP contribution in [0.3, 0.4) is 0 Å². The van der Waals surface area contributed by atoms with Gasteiger partial charge in [0.1, 0.15) is 0 Å². The molecule has 6 nitrogen and oxygen atoms in total. The first-order chi connectivity index (χ1) is 12.3. The van der Waals surface area contributed by atoms with E-state index in [2.05, 4.69) is 4.72 Å². The second-order valence-electron chi connectivity index (χ2n) is 6.29. The summed E-state index contributed by atoms with van der Waals surface area (Å²) in [7, 11) is -2.07. The lowest BCUT2D eigenvalue weighted by atomic mass is 10.1. The highest BCUT2D eigenvalue weighted by Gasteiger charge is 2.21. The normalized spacial score (nSPS) is 12.6. The molecular weight excluding hydrogens is 350 g/mol. The highest BCUT2D eigenvalue weighted by Crippen LogP contribution is 2.18. The number of sulfonamides is 1. The van der Waals surface area contributed by atoms with Crippen molar-refractivity contribution in [3.8, 4) is 0 Å². The van der Waals surface area contributed by atoms with Gasteiger partial charge in [0.25, 0.3) is 5.91 Å². The van der Waals surface area contributed by atoms with Crippen LogP contribution in [-0.2, 0) is 16.6 Å². The maximum absolute atomic E-state index is 12.7. The molecule has 0 fully saturated rings. The number of amides is 1. The lowest BCUT2D eigenvalue weighted by molar-refractivity contribution is 0.0747. The van der Waals surface area contributed by atoms with E-state index in [0.717, 1.165) is 5.56 Å². The molecule has 0 saturated carbocycles. The van der Waals surface area contributed by atoms with Gasteiger partial charge in [-0.25, -0.2) is 13.1 Å². The van der Waals surface area contributed by atoms with Gasteiger partial charge in [-0.2, -0.15) is 0 Å². The van der Waals surface area contributed by atoms with Crippen LogP contribution < -0.4 is 10.5 Å². The fourth-order valence-corrected chi connectivity index (χ4v) is 3.45. The number of carbonyl (C=O) groups is 1. The van der Waals surface area contributed by atoms with E-state index in [9.17, 15) is 13.2 Å². The number of hydrogen-bond donors (Lipinski definition) is 2. The number of likely N-dealkylation sites (N-methyl/N-ethyl adjacent to an activating group) is 1. The van der Waals surface area contributed by atoms with Crippen molar-refractivity contribution in [1.82, 2.24) is 9.62 Å². The number of nitrogens with one attached hydrogen (secondary N) is 1. The standard InChI is InChI=1S/C19H25N3O3S/c1-14-9-10-17(11-18(14)19(23)22(3)15(2)12-20)26(24,25)21-13-16-7-5-4-6-8-16/h4-11,15,21H,12-13,20H2,1-3H3. The molecule has 2 aromatic rings. The van der Waals surface area contributed by atoms with Gasteiger partial charge in [0.05, 0.1) is 4.90 Å². The second-order valence-corrected chi connectivity index (χ2v) is 8.05. The number of nitrogens with zero attached hydrogens (tertiary/aromatic N) is 1. The molecule has 1 atom stereocenters. The lowest BCUT2D eigenvalue weighted by Gasteiger charge is -2.24. The Morgan fingerprint density at radius 2 is 1.85 bits per heavy atom. The van der Waals surface area contributed by atoms with Crippen molar-refractivity contribution in [1.29, 1.82) is 0 Å². The number of rotatable bonds is 7. The Morgan fingerprint density at radius 3 is 2.46 bits per heavy atom. The molecule has 3 N–H and O–H groups in total. The monoisotopic (exact) mass is 375 g/mol. The van der Waals surface area contributed by atoms with Gasteiger partial charge < -0.3 is 10.6 Å². The number of carbonyl (C=O) groups excluding carboxylic acids is 1. The van der Waals surface area contributed by atoms with E-state index in [1.165, 1.54) is 17.0 Å². The maximum atomic E-state index is 12.7. The molecule has 0 aromatic heterocycles. The number of hydrogen-bond acceptors (Lipinski definition) is 4. The van der Waals surface area contributed by atoms with Gasteiger partial charge in [-0.15, -0.1) is 0 Å². The molecule has 1 amide bonds. The Bertz CT molecular complexity index is 867. The van der Waals surface area contributed by atoms with E-state index < -0.39 is 10.0 Å². The molecule has 0 aliphatic rings. The number of aryl methyl sites for hydroxylation is 1. The topological polar surface area (TPSA) is 92.5 Å². The van der Waals surface area contributed by atoms with Crippen molar-refractivity contribution in [2.45, 2.75) is 31.3 Å². The first-order valence-corrected chi connectivity index (χ1v) is 9.86. The third-order valence-electron chi connectivity index (χ3n) is 4.38. The quantitative estimate of drug-likeness (QED) is 0.773. The van der Waals surface area contributed by atoms with Crippen molar-refractivity contribution in [3.63, 3.8) is 0 Å². The minimum atomic E-state index is -3.73. The maximum Gasteiger partial charge on any atom is 0.254 e. The predicted octanol–water partition coefficient (Wildman–Crippen LogP) is 1.89. The van der Waals surface area contributed by atoms with E-state index in [0.29, 0.717) is 17.7 Å². The molecule has 0 aliphatic carbocycles. The lowest BCUT2D eigenvalue weighted by Crippen LogP contribution is -2.40. The van der Waals surface area contributed by atoms with Crippen molar-refractivity contribution in [2.24, 2.45) is 5.73 Å². The van der Waals surface area contributed by atoms with E-state index in [-0.39, 0.29) is 23.4 Å². The summed E-state index contributed by atoms with van der Waals surface area (Å²) < 4.78 is 27.8. The molecule has 26 heavy (non-hydrogen) atoms. The van der Waals surface area contributed by atoms with Gasteiger partial charge in [-0.3, -0.25) is 4.79 Å². The summed E-state index contributed by atoms with van der Waals surface area (Å²) in [6.07, 6.45) is 0. The number of benzene rings is 2. The van der Waals surface area contributed by atoms with Crippen molar-refractivity contribution >= 4 is 15.9 Å². The fraction of sp³-hybridized carbons (Fsp3) is 0.316. The number of nitrogens with two attached hydrogens (primary N) is 1. The third-order valence-corrected chi connectivity index (χ3v) is 5.78. The Hall–Kier alpha value is -2.22. The molecule has 0 spiro atoms. The molecule has 0 heterocycles. The Labute approximate surface area is 155 Å². The molecule has 0 aliphatic heterocycles. The fourth-order valence-electron chi connectivity index (χ4n) is 2.40. The first-order valence-electron chi connectivity index (χ1n) is 8.37. The van der Waals surface area contributed by atoms with Gasteiger partial charge in [-0.1, -0.05) is 36.4 Å². The van der Waals surface area contributed by atoms with Crippen molar-refractivity contribution < 1.29 is 13.2 Å². The Balaban J connectivity index is 2.26. The zero-order chi connectivity index (χ0) is 19.3. The third kappa shape index (κ3) is 4.69. The molecule has 140 valence electrons. The Morgan fingerprint density at radius 1 is 1.19 bits per heavy atom. The summed E-state index contributed by atoms with van der Waals surface area (Å²) in [5.74, 6) is -0.249. The predicted molar refractivity (Wildman–Crippen MR) is 102 cm³/mol. The van der Waals surface area contributed by atoms with Gasteiger partial charge in [0.2, 0.25) is 10.0 Å². The van der Waals surface area contributed by atoms with Crippen LogP contribution in [0.5, 0.6) is 0 Å². The van der Waals surface area contributed by atoms with Gasteiger partial charge in [0, 0.05) is 31.7 Å². The minimum Gasteiger partial charge on any atom is -0.338 e. The molecule has 0 radical (unpaired) electrons. The molecule has 1 unspecified atom stereocenters. The van der Waals surface area contributed by atoms with Crippen LogP contribution in [0, 0.1) is 6.92 Å². The van der Waals surface area contributed by atoms with Crippen LogP contribution in [0.25, 0.3) is 0 Å². The first kappa shape index (κ1) is 20.1. The van der Waals surface area contributed by atoms with E-state index in [1.807, 2.05) is 37.3 Å². The van der Waals surface area contributed by atoms with Gasteiger partial charge in [0.15, 0.2) is 0 Å². The smallest absolute Gasteiger partial charge is 0.254 e. The molecule has 0 saturated heterocycles. The van der Waals surface area contributed by atoms with Crippen LogP contribution >= 0.6 is 0 Å². The van der Waals surface area contributed by atoms with Crippen LogP contribution in [0.2, 0.25) is 0 Å². The van der Waals surface area contributed by atoms with Crippen molar-refractivity contribution in [3.05, 3.63) is 65.2 Å². The van der Waals surface area contributed by atoms with E-state index >= 15 is 0 Å². The van der Waals surface area contributed by atoms with Crippen LogP contribution in [0.1, 0.15) is 28.4 Å². The minimum absolute atomic E-state index is 0.0659. The molecule has 2 aromatic carbocycles. The largest absolute Gasteiger partial charge is 0.338 e. The highest BCUT2D eigenvalue weighted by molar-refractivity contribution is 7.89. The molecular formula is C19H25N3O3S. The zero-order valence-electron chi connectivity index (χ0n) is 15.3. The summed E-state index contributed by atoms with van der Waals surface area (Å²) in [4.78, 5) is 14.3.